The topological polar surface area (TPSA) is 42.3 Å². The molecule has 0 bridgehead atoms. The molecule has 5 aromatic rings. The molecule has 4 heteroatoms. The van der Waals surface area contributed by atoms with Crippen molar-refractivity contribution in [3.8, 4) is 5.69 Å². The third kappa shape index (κ3) is 3.14. The molecule has 0 fully saturated rings. The summed E-state index contributed by atoms with van der Waals surface area (Å²) in [6.45, 7) is 8.39. The standard InChI is InChI=1S/C32H28N2O2/c1-19(2)22-12-9-13-23(20(3)4)30(22)34-31(35)26-17-16-21(18-27(26)32(34)36)33-28-14-7-5-10-24(28)25-11-6-8-15-29(25)33/h5-20H,1-4H3. The van der Waals surface area contributed by atoms with Gasteiger partial charge in [0.25, 0.3) is 11.8 Å². The Morgan fingerprint density at radius 3 is 1.67 bits per heavy atom. The van der Waals surface area contributed by atoms with Gasteiger partial charge in [-0.25, -0.2) is 4.90 Å². The van der Waals surface area contributed by atoms with Gasteiger partial charge in [-0.2, -0.15) is 0 Å². The third-order valence-electron chi connectivity index (χ3n) is 7.27. The van der Waals surface area contributed by atoms with Crippen molar-refractivity contribution in [1.82, 2.24) is 4.57 Å². The van der Waals surface area contributed by atoms with Crippen molar-refractivity contribution in [2.75, 3.05) is 4.90 Å². The van der Waals surface area contributed by atoms with Crippen molar-refractivity contribution in [2.24, 2.45) is 0 Å². The second-order valence-electron chi connectivity index (χ2n) is 10.1. The lowest BCUT2D eigenvalue weighted by Gasteiger charge is -2.25. The number of benzene rings is 4. The number of carbonyl (C=O) groups is 2. The molecule has 1 aliphatic heterocycles. The summed E-state index contributed by atoms with van der Waals surface area (Å²) in [5.41, 5.74) is 6.68. The van der Waals surface area contributed by atoms with Crippen LogP contribution >= 0.6 is 0 Å². The highest BCUT2D eigenvalue weighted by Crippen LogP contribution is 2.40. The highest BCUT2D eigenvalue weighted by atomic mass is 16.2. The van der Waals surface area contributed by atoms with E-state index in [-0.39, 0.29) is 23.7 Å². The van der Waals surface area contributed by atoms with Crippen LogP contribution in [0.2, 0.25) is 0 Å². The molecule has 0 unspecified atom stereocenters. The van der Waals surface area contributed by atoms with Gasteiger partial charge in [0.1, 0.15) is 0 Å². The fourth-order valence-corrected chi connectivity index (χ4v) is 5.54. The summed E-state index contributed by atoms with van der Waals surface area (Å²) in [7, 11) is 0. The van der Waals surface area contributed by atoms with Crippen LogP contribution in [0.25, 0.3) is 27.5 Å². The number of carbonyl (C=O) groups excluding carboxylic acids is 2. The quantitative estimate of drug-likeness (QED) is 0.250. The van der Waals surface area contributed by atoms with Crippen molar-refractivity contribution in [2.45, 2.75) is 39.5 Å². The van der Waals surface area contributed by atoms with E-state index >= 15 is 0 Å². The van der Waals surface area contributed by atoms with E-state index in [1.165, 1.54) is 4.90 Å². The first-order valence-electron chi connectivity index (χ1n) is 12.5. The molecule has 2 heterocycles. The molecule has 4 nitrogen and oxygen atoms in total. The second-order valence-corrected chi connectivity index (χ2v) is 10.1. The molecule has 0 spiro atoms. The van der Waals surface area contributed by atoms with Crippen LogP contribution in [-0.2, 0) is 0 Å². The Labute approximate surface area is 210 Å². The predicted molar refractivity (Wildman–Crippen MR) is 147 cm³/mol. The molecule has 6 rings (SSSR count). The van der Waals surface area contributed by atoms with Crippen LogP contribution in [0.4, 0.5) is 5.69 Å². The highest BCUT2D eigenvalue weighted by molar-refractivity contribution is 6.35. The van der Waals surface area contributed by atoms with Crippen molar-refractivity contribution in [1.29, 1.82) is 0 Å². The maximum absolute atomic E-state index is 13.9. The first-order valence-corrected chi connectivity index (χ1v) is 12.5. The van der Waals surface area contributed by atoms with Crippen LogP contribution in [0, 0.1) is 0 Å². The number of anilines is 1. The van der Waals surface area contributed by atoms with Gasteiger partial charge in [0, 0.05) is 16.5 Å². The van der Waals surface area contributed by atoms with E-state index in [0.29, 0.717) is 11.1 Å². The number of imide groups is 1. The van der Waals surface area contributed by atoms with Crippen LogP contribution in [0.15, 0.2) is 84.9 Å². The molecule has 0 saturated heterocycles. The largest absolute Gasteiger partial charge is 0.309 e. The molecule has 0 N–H and O–H groups in total. The molecule has 4 aromatic carbocycles. The Balaban J connectivity index is 1.54. The SMILES string of the molecule is CC(C)c1cccc(C(C)C)c1N1C(=O)c2ccc(-n3c4ccccc4c4ccccc43)cc2C1=O. The van der Waals surface area contributed by atoms with E-state index in [9.17, 15) is 9.59 Å². The molecule has 2 amide bonds. The maximum atomic E-state index is 13.9. The number of hydrogen-bond donors (Lipinski definition) is 0. The van der Waals surface area contributed by atoms with Crippen LogP contribution < -0.4 is 4.90 Å². The number of aromatic nitrogens is 1. The number of nitrogens with zero attached hydrogens (tertiary/aromatic N) is 2. The third-order valence-corrected chi connectivity index (χ3v) is 7.27. The number of rotatable bonds is 4. The van der Waals surface area contributed by atoms with Gasteiger partial charge in [-0.1, -0.05) is 82.3 Å². The summed E-state index contributed by atoms with van der Waals surface area (Å²) < 4.78 is 2.17. The smallest absolute Gasteiger partial charge is 0.266 e. The Hall–Kier alpha value is -4.18. The monoisotopic (exact) mass is 472 g/mol. The molecule has 0 saturated carbocycles. The average molecular weight is 473 g/mol. The summed E-state index contributed by atoms with van der Waals surface area (Å²) in [5.74, 6) is -0.154. The normalized spacial score (nSPS) is 13.6. The number of hydrogen-bond acceptors (Lipinski definition) is 2. The maximum Gasteiger partial charge on any atom is 0.266 e. The fraction of sp³-hybridized carbons (Fsp3) is 0.188. The molecule has 1 aliphatic rings. The summed E-state index contributed by atoms with van der Waals surface area (Å²) in [6, 6.07) is 28.3. The summed E-state index contributed by atoms with van der Waals surface area (Å²) >= 11 is 0. The minimum absolute atomic E-state index is 0.177. The molecule has 36 heavy (non-hydrogen) atoms. The Morgan fingerprint density at radius 1 is 0.583 bits per heavy atom. The van der Waals surface area contributed by atoms with E-state index in [2.05, 4.69) is 56.5 Å². The number of amides is 2. The average Bonchev–Trinajstić information content (AvgIpc) is 3.34. The molecule has 0 aliphatic carbocycles. The lowest BCUT2D eigenvalue weighted by molar-refractivity contribution is 0.0925. The van der Waals surface area contributed by atoms with Crippen LogP contribution in [0.5, 0.6) is 0 Å². The van der Waals surface area contributed by atoms with Gasteiger partial charge in [0.05, 0.1) is 27.8 Å². The van der Waals surface area contributed by atoms with E-state index in [0.717, 1.165) is 44.3 Å². The second kappa shape index (κ2) is 8.20. The lowest BCUT2D eigenvalue weighted by Crippen LogP contribution is -2.31. The molecular formula is C32H28N2O2. The molecule has 0 atom stereocenters. The van der Waals surface area contributed by atoms with Crippen molar-refractivity contribution in [3.05, 3.63) is 107 Å². The molecule has 0 radical (unpaired) electrons. The van der Waals surface area contributed by atoms with E-state index < -0.39 is 0 Å². The van der Waals surface area contributed by atoms with Crippen molar-refractivity contribution in [3.63, 3.8) is 0 Å². The van der Waals surface area contributed by atoms with Gasteiger partial charge in [0.15, 0.2) is 0 Å². The fourth-order valence-electron chi connectivity index (χ4n) is 5.54. The van der Waals surface area contributed by atoms with Crippen LogP contribution in [-0.4, -0.2) is 16.4 Å². The predicted octanol–water partition coefficient (Wildman–Crippen LogP) is 7.83. The zero-order valence-corrected chi connectivity index (χ0v) is 20.9. The summed E-state index contributed by atoms with van der Waals surface area (Å²) in [4.78, 5) is 29.0. The van der Waals surface area contributed by atoms with Crippen molar-refractivity contribution < 1.29 is 9.59 Å². The zero-order chi connectivity index (χ0) is 25.1. The molecule has 178 valence electrons. The van der Waals surface area contributed by atoms with Gasteiger partial charge >= 0.3 is 0 Å². The van der Waals surface area contributed by atoms with Gasteiger partial charge in [-0.05, 0) is 53.3 Å². The van der Waals surface area contributed by atoms with Gasteiger partial charge in [-0.15, -0.1) is 0 Å². The number of fused-ring (bicyclic) bond motifs is 4. The van der Waals surface area contributed by atoms with E-state index in [4.69, 9.17) is 0 Å². The Bertz CT molecular complexity index is 1610. The van der Waals surface area contributed by atoms with Gasteiger partial charge in [0.2, 0.25) is 0 Å². The number of para-hydroxylation sites is 3. The van der Waals surface area contributed by atoms with Crippen molar-refractivity contribution >= 4 is 39.3 Å². The first kappa shape index (κ1) is 22.3. The van der Waals surface area contributed by atoms with E-state index in [1.54, 1.807) is 0 Å². The Morgan fingerprint density at radius 2 is 1.11 bits per heavy atom. The summed E-state index contributed by atoms with van der Waals surface area (Å²) in [5, 5.41) is 2.31. The highest BCUT2D eigenvalue weighted by Gasteiger charge is 2.39. The van der Waals surface area contributed by atoms with Gasteiger partial charge in [-0.3, -0.25) is 9.59 Å². The van der Waals surface area contributed by atoms with Crippen LogP contribution in [0.3, 0.4) is 0 Å². The van der Waals surface area contributed by atoms with E-state index in [1.807, 2.05) is 60.7 Å². The molecular weight excluding hydrogens is 444 g/mol. The molecule has 1 aromatic heterocycles. The minimum atomic E-state index is -0.257. The Kier molecular flexibility index (Phi) is 5.08. The first-order chi connectivity index (χ1) is 17.4. The zero-order valence-electron chi connectivity index (χ0n) is 20.9. The summed E-state index contributed by atoms with van der Waals surface area (Å²) in [6.07, 6.45) is 0. The lowest BCUT2D eigenvalue weighted by atomic mass is 9.92. The minimum Gasteiger partial charge on any atom is -0.309 e. The van der Waals surface area contributed by atoms with Crippen LogP contribution in [0.1, 0.15) is 71.4 Å². The van der Waals surface area contributed by atoms with Gasteiger partial charge < -0.3 is 4.57 Å².